The zero-order chi connectivity index (χ0) is 40.0. The third-order valence-corrected chi connectivity index (χ3v) is 13.1. The highest BCUT2D eigenvalue weighted by Crippen LogP contribution is 2.48. The summed E-state index contributed by atoms with van der Waals surface area (Å²) >= 11 is 0. The van der Waals surface area contributed by atoms with Crippen molar-refractivity contribution in [2.45, 2.75) is 0 Å². The summed E-state index contributed by atoms with van der Waals surface area (Å²) in [4.78, 5) is 2.50. The number of rotatable bonds is 5. The highest BCUT2D eigenvalue weighted by Gasteiger charge is 2.21. The van der Waals surface area contributed by atoms with Gasteiger partial charge >= 0.3 is 0 Å². The lowest BCUT2D eigenvalue weighted by atomic mass is 9.87. The van der Waals surface area contributed by atoms with Crippen LogP contribution in [0.25, 0.3) is 108 Å². The molecule has 1 nitrogen and oxygen atoms in total. The molecule has 13 rings (SSSR count). The van der Waals surface area contributed by atoms with E-state index in [-0.39, 0.29) is 0 Å². The predicted molar refractivity (Wildman–Crippen MR) is 263 cm³/mol. The van der Waals surface area contributed by atoms with Gasteiger partial charge in [0.15, 0.2) is 0 Å². The molecule has 61 heavy (non-hydrogen) atoms. The Balaban J connectivity index is 1.11. The number of anilines is 3. The van der Waals surface area contributed by atoms with Crippen LogP contribution in [0.1, 0.15) is 0 Å². The molecule has 0 saturated carbocycles. The maximum atomic E-state index is 2.50. The largest absolute Gasteiger partial charge is 0.310 e. The van der Waals surface area contributed by atoms with Crippen molar-refractivity contribution in [1.29, 1.82) is 0 Å². The second-order valence-corrected chi connectivity index (χ2v) is 16.4. The van der Waals surface area contributed by atoms with Gasteiger partial charge in [0.2, 0.25) is 0 Å². The summed E-state index contributed by atoms with van der Waals surface area (Å²) in [6, 6.07) is 83.3. The lowest BCUT2D eigenvalue weighted by molar-refractivity contribution is 1.31. The van der Waals surface area contributed by atoms with Gasteiger partial charge < -0.3 is 4.90 Å². The van der Waals surface area contributed by atoms with Crippen LogP contribution in [-0.4, -0.2) is 0 Å². The van der Waals surface area contributed by atoms with Crippen molar-refractivity contribution in [3.8, 4) is 22.3 Å². The van der Waals surface area contributed by atoms with Gasteiger partial charge in [0.1, 0.15) is 0 Å². The Kier molecular flexibility index (Phi) is 7.37. The summed E-state index contributed by atoms with van der Waals surface area (Å²) in [6.45, 7) is 0. The van der Waals surface area contributed by atoms with E-state index in [2.05, 4.69) is 229 Å². The molecule has 0 aliphatic heterocycles. The van der Waals surface area contributed by atoms with Crippen LogP contribution < -0.4 is 4.90 Å². The number of benzene rings is 12. The number of nitrogens with zero attached hydrogens (tertiary/aromatic N) is 1. The van der Waals surface area contributed by atoms with Gasteiger partial charge in [-0.25, -0.2) is 0 Å². The number of hydrogen-bond acceptors (Lipinski definition) is 1. The average Bonchev–Trinajstić information content (AvgIpc) is 3.33. The molecule has 0 spiro atoms. The molecule has 0 fully saturated rings. The Morgan fingerprint density at radius 1 is 0.213 bits per heavy atom. The average molecular weight is 772 g/mol. The summed E-state index contributed by atoms with van der Waals surface area (Å²) in [7, 11) is 0. The highest BCUT2D eigenvalue weighted by atomic mass is 15.1. The lowest BCUT2D eigenvalue weighted by Crippen LogP contribution is -2.11. The summed E-state index contributed by atoms with van der Waals surface area (Å²) in [6.07, 6.45) is 0. The second kappa shape index (κ2) is 13.3. The topological polar surface area (TPSA) is 3.24 Å². The van der Waals surface area contributed by atoms with Gasteiger partial charge in [-0.3, -0.25) is 0 Å². The molecule has 13 aromatic rings. The zero-order valence-corrected chi connectivity index (χ0v) is 33.3. The van der Waals surface area contributed by atoms with E-state index in [0.29, 0.717) is 0 Å². The first kappa shape index (κ1) is 33.9. The Bertz CT molecular complexity index is 3840. The molecule has 0 aromatic heterocycles. The molecule has 0 unspecified atom stereocenters. The van der Waals surface area contributed by atoms with Crippen molar-refractivity contribution >= 4 is 103 Å². The Hall–Kier alpha value is -8.00. The van der Waals surface area contributed by atoms with Gasteiger partial charge in [0.25, 0.3) is 0 Å². The van der Waals surface area contributed by atoms with E-state index in [0.717, 1.165) is 17.1 Å². The van der Waals surface area contributed by atoms with Gasteiger partial charge in [0, 0.05) is 16.8 Å². The minimum absolute atomic E-state index is 1.11. The lowest BCUT2D eigenvalue weighted by Gasteiger charge is -2.29. The Morgan fingerprint density at radius 3 is 1.25 bits per heavy atom. The first-order chi connectivity index (χ1) is 30.2. The van der Waals surface area contributed by atoms with Crippen LogP contribution in [0, 0.1) is 0 Å². The monoisotopic (exact) mass is 771 g/mol. The van der Waals surface area contributed by atoms with Gasteiger partial charge in [-0.05, 0) is 133 Å². The molecule has 0 N–H and O–H groups in total. The quantitative estimate of drug-likeness (QED) is 0.158. The molecule has 0 atom stereocenters. The van der Waals surface area contributed by atoms with E-state index < -0.39 is 0 Å². The van der Waals surface area contributed by atoms with Crippen molar-refractivity contribution in [3.05, 3.63) is 224 Å². The highest BCUT2D eigenvalue weighted by molar-refractivity contribution is 6.37. The molecule has 0 aliphatic carbocycles. The molecule has 0 saturated heterocycles. The number of hydrogen-bond donors (Lipinski definition) is 0. The Labute approximate surface area is 353 Å². The van der Waals surface area contributed by atoms with Crippen LogP contribution in [0.15, 0.2) is 224 Å². The fraction of sp³-hybridized carbons (Fsp3) is 0. The standard InChI is InChI=1S/C60H37N/c1-2-11-38(12-3-1)39-23-25-40(26-24-39)41-31-33-47(34-32-41)61(56-36-45-13-4-5-17-49(45)50-18-6-7-19-51(50)56)48-35-46-30-29-44-15-9-21-53-52-20-8-14-42-27-28-43-16-10-22-54(59(43)57(42)52)55(37-48)60(46)58(44)53/h1-37H. The molecule has 1 heteroatoms. The van der Waals surface area contributed by atoms with Crippen molar-refractivity contribution in [2.24, 2.45) is 0 Å². The first-order valence-electron chi connectivity index (χ1n) is 21.2. The van der Waals surface area contributed by atoms with Crippen LogP contribution in [0.3, 0.4) is 0 Å². The first-order valence-corrected chi connectivity index (χ1v) is 21.2. The van der Waals surface area contributed by atoms with Crippen LogP contribution >= 0.6 is 0 Å². The van der Waals surface area contributed by atoms with Crippen LogP contribution in [-0.2, 0) is 0 Å². The molecule has 0 aliphatic rings. The molecule has 0 radical (unpaired) electrons. The Morgan fingerprint density at radius 2 is 0.639 bits per heavy atom. The molecule has 13 aromatic carbocycles. The normalized spacial score (nSPS) is 11.9. The summed E-state index contributed by atoms with van der Waals surface area (Å²) in [5.41, 5.74) is 8.21. The van der Waals surface area contributed by atoms with Crippen LogP contribution in [0.2, 0.25) is 0 Å². The minimum atomic E-state index is 1.11. The fourth-order valence-corrected chi connectivity index (χ4v) is 10.3. The van der Waals surface area contributed by atoms with Crippen LogP contribution in [0.4, 0.5) is 17.1 Å². The zero-order valence-electron chi connectivity index (χ0n) is 33.3. The smallest absolute Gasteiger partial charge is 0.0546 e. The third-order valence-electron chi connectivity index (χ3n) is 13.1. The summed E-state index contributed by atoms with van der Waals surface area (Å²) in [5.74, 6) is 0. The van der Waals surface area contributed by atoms with Gasteiger partial charge in [-0.1, -0.05) is 194 Å². The maximum Gasteiger partial charge on any atom is 0.0546 e. The summed E-state index contributed by atoms with van der Waals surface area (Å²) in [5, 5.41) is 20.3. The molecular formula is C60H37N. The fourth-order valence-electron chi connectivity index (χ4n) is 10.3. The van der Waals surface area contributed by atoms with E-state index in [1.165, 1.54) is 108 Å². The van der Waals surface area contributed by atoms with Crippen molar-refractivity contribution < 1.29 is 0 Å². The van der Waals surface area contributed by atoms with Gasteiger partial charge in [-0.15, -0.1) is 0 Å². The van der Waals surface area contributed by atoms with E-state index in [1.54, 1.807) is 0 Å². The SMILES string of the molecule is c1ccc(-c2ccc(-c3ccc(N(c4cc5ccc6cccc7c8cccc9ccc%10cccc(c(c4)c5c67)c%10c98)c4cc5ccccc5c5ccccc45)cc3)cc2)cc1. The van der Waals surface area contributed by atoms with Gasteiger partial charge in [0.05, 0.1) is 5.69 Å². The minimum Gasteiger partial charge on any atom is -0.310 e. The second-order valence-electron chi connectivity index (χ2n) is 16.4. The van der Waals surface area contributed by atoms with E-state index in [4.69, 9.17) is 0 Å². The predicted octanol–water partition coefficient (Wildman–Crippen LogP) is 17.2. The maximum absolute atomic E-state index is 2.50. The van der Waals surface area contributed by atoms with Crippen molar-refractivity contribution in [3.63, 3.8) is 0 Å². The van der Waals surface area contributed by atoms with Crippen molar-refractivity contribution in [2.75, 3.05) is 4.90 Å². The molecule has 0 heterocycles. The van der Waals surface area contributed by atoms with Crippen molar-refractivity contribution in [1.82, 2.24) is 0 Å². The number of fused-ring (bicyclic) bond motifs is 5. The van der Waals surface area contributed by atoms with E-state index >= 15 is 0 Å². The van der Waals surface area contributed by atoms with Gasteiger partial charge in [-0.2, -0.15) is 0 Å². The molecule has 0 amide bonds. The van der Waals surface area contributed by atoms with E-state index in [1.807, 2.05) is 0 Å². The third kappa shape index (κ3) is 5.21. The molecule has 282 valence electrons. The molecular weight excluding hydrogens is 735 g/mol. The summed E-state index contributed by atoms with van der Waals surface area (Å²) < 4.78 is 0. The van der Waals surface area contributed by atoms with Crippen LogP contribution in [0.5, 0.6) is 0 Å². The molecule has 0 bridgehead atoms. The van der Waals surface area contributed by atoms with E-state index in [9.17, 15) is 0 Å².